The summed E-state index contributed by atoms with van der Waals surface area (Å²) in [6.07, 6.45) is 0. The molecule has 2 N–H and O–H groups in total. The van der Waals surface area contributed by atoms with Gasteiger partial charge in [-0.3, -0.25) is 0 Å². The molecular formula is C9H14O2P+. The minimum absolute atomic E-state index is 0.220. The zero-order valence-corrected chi connectivity index (χ0v) is 8.47. The van der Waals surface area contributed by atoms with Crippen molar-refractivity contribution in [2.24, 2.45) is 0 Å². The van der Waals surface area contributed by atoms with Gasteiger partial charge in [-0.15, -0.1) is 0 Å². The Balaban J connectivity index is 3.23. The van der Waals surface area contributed by atoms with E-state index in [1.807, 2.05) is 0 Å². The molecule has 0 aliphatic carbocycles. The van der Waals surface area contributed by atoms with Gasteiger partial charge in [-0.25, -0.2) is 0 Å². The fourth-order valence-electron chi connectivity index (χ4n) is 1.05. The van der Waals surface area contributed by atoms with E-state index in [1.165, 1.54) is 12.1 Å². The maximum Gasteiger partial charge on any atom is 0.158 e. The second-order valence-electron chi connectivity index (χ2n) is 3.69. The molecule has 3 heteroatoms. The van der Waals surface area contributed by atoms with Crippen molar-refractivity contribution in [3.8, 4) is 11.5 Å². The van der Waals surface area contributed by atoms with Crippen LogP contribution in [0.25, 0.3) is 0 Å². The van der Waals surface area contributed by atoms with Gasteiger partial charge in [0, 0.05) is 13.3 Å². The Hall–Kier alpha value is -0.750. The Labute approximate surface area is 73.2 Å². The van der Waals surface area contributed by atoms with Gasteiger partial charge in [-0.05, 0) is 12.1 Å². The number of benzene rings is 1. The van der Waals surface area contributed by atoms with Gasteiger partial charge in [-0.1, -0.05) is 0 Å². The number of phenolic OH excluding ortho intramolecular Hbond substituents is 2. The molecule has 1 rings (SSSR count). The highest BCUT2D eigenvalue weighted by Crippen LogP contribution is 2.48. The summed E-state index contributed by atoms with van der Waals surface area (Å²) in [5.74, 6) is 0.506. The van der Waals surface area contributed by atoms with E-state index >= 15 is 0 Å². The molecule has 0 fully saturated rings. The lowest BCUT2D eigenvalue weighted by Gasteiger charge is -2.12. The fraction of sp³-hybridized carbons (Fsp3) is 0.333. The van der Waals surface area contributed by atoms with E-state index in [1.54, 1.807) is 6.07 Å². The topological polar surface area (TPSA) is 40.5 Å². The first-order valence-corrected chi connectivity index (χ1v) is 6.88. The van der Waals surface area contributed by atoms with Gasteiger partial charge in [0.15, 0.2) is 5.75 Å². The molecule has 0 saturated heterocycles. The zero-order valence-electron chi connectivity index (χ0n) is 7.57. The van der Waals surface area contributed by atoms with Crippen LogP contribution in [0.2, 0.25) is 0 Å². The monoisotopic (exact) mass is 185 g/mol. The molecule has 0 aliphatic rings. The van der Waals surface area contributed by atoms with Gasteiger partial charge < -0.3 is 10.2 Å². The molecule has 0 bridgehead atoms. The normalized spacial score (nSPS) is 11.6. The van der Waals surface area contributed by atoms with Gasteiger partial charge in [0.25, 0.3) is 0 Å². The molecule has 0 radical (unpaired) electrons. The quantitative estimate of drug-likeness (QED) is 0.515. The first-order valence-electron chi connectivity index (χ1n) is 3.75. The number of hydrogen-bond donors (Lipinski definition) is 2. The van der Waals surface area contributed by atoms with Gasteiger partial charge in [0.05, 0.1) is 20.0 Å². The van der Waals surface area contributed by atoms with Crippen molar-refractivity contribution in [3.05, 3.63) is 18.2 Å². The fourth-order valence-corrected chi connectivity index (χ4v) is 2.33. The third-order valence-electron chi connectivity index (χ3n) is 1.68. The number of hydrogen-bond acceptors (Lipinski definition) is 2. The molecule has 12 heavy (non-hydrogen) atoms. The number of phenols is 2. The van der Waals surface area contributed by atoms with Crippen LogP contribution in [-0.4, -0.2) is 30.2 Å². The Morgan fingerprint density at radius 1 is 1.08 bits per heavy atom. The molecule has 66 valence electrons. The average Bonchev–Trinajstić information content (AvgIpc) is 1.92. The zero-order chi connectivity index (χ0) is 9.35. The third-order valence-corrected chi connectivity index (χ3v) is 3.49. The van der Waals surface area contributed by atoms with Crippen molar-refractivity contribution in [1.82, 2.24) is 0 Å². The molecule has 2 nitrogen and oxygen atoms in total. The molecule has 0 aliphatic heterocycles. The summed E-state index contributed by atoms with van der Waals surface area (Å²) in [5, 5.41) is 19.6. The summed E-state index contributed by atoms with van der Waals surface area (Å²) < 4.78 is 0. The van der Waals surface area contributed by atoms with Gasteiger partial charge in [0.1, 0.15) is 11.1 Å². The smallest absolute Gasteiger partial charge is 0.158 e. The van der Waals surface area contributed by atoms with E-state index in [9.17, 15) is 10.2 Å². The highest BCUT2D eigenvalue weighted by Gasteiger charge is 2.25. The molecular weight excluding hydrogens is 171 g/mol. The molecule has 0 aromatic heterocycles. The summed E-state index contributed by atoms with van der Waals surface area (Å²) in [5.41, 5.74) is 0. The van der Waals surface area contributed by atoms with E-state index < -0.39 is 7.26 Å². The molecule has 0 unspecified atom stereocenters. The average molecular weight is 185 g/mol. The highest BCUT2D eigenvalue weighted by atomic mass is 31.2. The van der Waals surface area contributed by atoms with Crippen LogP contribution in [0, 0.1) is 0 Å². The summed E-state index contributed by atoms with van der Waals surface area (Å²) in [6, 6.07) is 4.67. The van der Waals surface area contributed by atoms with Crippen LogP contribution in [0.1, 0.15) is 0 Å². The van der Waals surface area contributed by atoms with Crippen LogP contribution in [0.15, 0.2) is 18.2 Å². The van der Waals surface area contributed by atoms with Crippen LogP contribution in [0.5, 0.6) is 11.5 Å². The van der Waals surface area contributed by atoms with Crippen LogP contribution in [0.3, 0.4) is 0 Å². The van der Waals surface area contributed by atoms with E-state index in [4.69, 9.17) is 0 Å². The maximum absolute atomic E-state index is 9.49. The van der Waals surface area contributed by atoms with Crippen molar-refractivity contribution in [3.63, 3.8) is 0 Å². The number of rotatable bonds is 1. The molecule has 0 amide bonds. The van der Waals surface area contributed by atoms with Crippen molar-refractivity contribution in [1.29, 1.82) is 0 Å². The Kier molecular flexibility index (Phi) is 2.29. The van der Waals surface area contributed by atoms with Crippen molar-refractivity contribution in [2.75, 3.05) is 20.0 Å². The molecule has 0 spiro atoms. The molecule has 1 aromatic carbocycles. The lowest BCUT2D eigenvalue weighted by molar-refractivity contribution is 0.463. The third kappa shape index (κ3) is 1.89. The molecule has 0 heterocycles. The van der Waals surface area contributed by atoms with Crippen LogP contribution >= 0.6 is 7.26 Å². The first-order chi connectivity index (χ1) is 5.41. The van der Waals surface area contributed by atoms with Crippen molar-refractivity contribution in [2.45, 2.75) is 0 Å². The summed E-state index contributed by atoms with van der Waals surface area (Å²) in [6.45, 7) is 6.30. The lowest BCUT2D eigenvalue weighted by atomic mass is 10.3. The molecule has 1 aromatic rings. The minimum atomic E-state index is -1.24. The Morgan fingerprint density at radius 3 is 2.08 bits per heavy atom. The second-order valence-corrected chi connectivity index (χ2v) is 8.19. The van der Waals surface area contributed by atoms with Gasteiger partial charge >= 0.3 is 0 Å². The lowest BCUT2D eigenvalue weighted by Crippen LogP contribution is -2.07. The summed E-state index contributed by atoms with van der Waals surface area (Å²) in [4.78, 5) is 0. The van der Waals surface area contributed by atoms with E-state index in [0.29, 0.717) is 0 Å². The van der Waals surface area contributed by atoms with Crippen LogP contribution in [0.4, 0.5) is 0 Å². The second kappa shape index (κ2) is 2.95. The van der Waals surface area contributed by atoms with Gasteiger partial charge in [0.2, 0.25) is 0 Å². The number of aromatic hydroxyl groups is 2. The highest BCUT2D eigenvalue weighted by molar-refractivity contribution is 7.81. The Morgan fingerprint density at radius 2 is 1.67 bits per heavy atom. The van der Waals surface area contributed by atoms with Crippen molar-refractivity contribution < 1.29 is 10.2 Å². The molecule has 0 saturated carbocycles. The standard InChI is InChI=1S/C9H13O2P/c1-12(2,3)9-6-7(10)4-5-8(9)11/h4-6H,1-3H3,(H-,10,11)/p+1. The first kappa shape index (κ1) is 9.34. The van der Waals surface area contributed by atoms with E-state index in [-0.39, 0.29) is 11.5 Å². The Bertz CT molecular complexity index is 289. The maximum atomic E-state index is 9.49. The van der Waals surface area contributed by atoms with Crippen LogP contribution < -0.4 is 5.30 Å². The summed E-state index contributed by atoms with van der Waals surface area (Å²) >= 11 is 0. The van der Waals surface area contributed by atoms with Gasteiger partial charge in [-0.2, -0.15) is 0 Å². The van der Waals surface area contributed by atoms with Crippen molar-refractivity contribution >= 4 is 12.6 Å². The SMILES string of the molecule is C[P+](C)(C)c1cc(O)ccc1O. The minimum Gasteiger partial charge on any atom is -0.508 e. The largest absolute Gasteiger partial charge is 0.508 e. The predicted octanol–water partition coefficient (Wildman–Crippen LogP) is 1.63. The summed E-state index contributed by atoms with van der Waals surface area (Å²) in [7, 11) is -1.24. The predicted molar refractivity (Wildman–Crippen MR) is 54.1 cm³/mol. The van der Waals surface area contributed by atoms with E-state index in [2.05, 4.69) is 20.0 Å². The molecule has 0 atom stereocenters. The van der Waals surface area contributed by atoms with E-state index in [0.717, 1.165) is 5.30 Å². The van der Waals surface area contributed by atoms with Crippen LogP contribution in [-0.2, 0) is 0 Å².